The molecule has 0 radical (unpaired) electrons. The van der Waals surface area contributed by atoms with E-state index in [-0.39, 0.29) is 92.1 Å². The number of rotatable bonds is 25. The zero-order valence-electron chi connectivity index (χ0n) is 44.7. The molecular formula is C52H62N3O21S5+. The minimum Gasteiger partial charge on any atom is -0.382 e. The summed E-state index contributed by atoms with van der Waals surface area (Å²) in [5.41, 5.74) is 0.803. The third-order valence-corrected chi connectivity index (χ3v) is 18.5. The third kappa shape index (κ3) is 13.8. The second-order valence-corrected chi connectivity index (χ2v) is 27.4. The summed E-state index contributed by atoms with van der Waals surface area (Å²) in [5.74, 6) is -1.88. The Labute approximate surface area is 469 Å². The molecule has 29 heteroatoms. The molecule has 81 heavy (non-hydrogen) atoms. The lowest BCUT2D eigenvalue weighted by Gasteiger charge is -2.27. The molecule has 1 amide bonds. The summed E-state index contributed by atoms with van der Waals surface area (Å²) in [7, 11) is -23.4. The fraction of sp³-hybridized carbons (Fsp3) is 0.404. The van der Waals surface area contributed by atoms with Crippen LogP contribution in [0.3, 0.4) is 0 Å². The molecule has 3 aliphatic rings. The lowest BCUT2D eigenvalue weighted by atomic mass is 9.74. The number of hydroxylamine groups is 2. The van der Waals surface area contributed by atoms with E-state index in [0.717, 1.165) is 17.2 Å². The summed E-state index contributed by atoms with van der Waals surface area (Å²) in [5, 5.41) is 0.674. The average Bonchev–Trinajstić information content (AvgIpc) is 4.01. The number of anilines is 1. The van der Waals surface area contributed by atoms with E-state index in [2.05, 4.69) is 6.58 Å². The van der Waals surface area contributed by atoms with E-state index in [1.807, 2.05) is 4.90 Å². The SMILES string of the molecule is C=C1CCC(=O)N1OC(=O)CCCN1/C(=C/C=C(C)/C=C/C2=[N+](CCOCCOCCOC)c3ccc4c(S(=O)(=O)O)cc(S(=O)(=O)O)cc4c3C2(C)CCCS(=O)(=O)O)C(C)(C)c2c1ccc1c(S(=O)(=O)O)cc(S(=O)(=O)O)cc21. The molecule has 1 unspecified atom stereocenters. The quantitative estimate of drug-likeness (QED) is 0.0212. The molecule has 3 heterocycles. The minimum atomic E-state index is -5.15. The summed E-state index contributed by atoms with van der Waals surface area (Å²) >= 11 is 0. The highest BCUT2D eigenvalue weighted by molar-refractivity contribution is 7.87. The normalized spacial score (nSPS) is 18.6. The molecule has 0 aliphatic carbocycles. The van der Waals surface area contributed by atoms with E-state index in [0.29, 0.717) is 71.4 Å². The first-order chi connectivity index (χ1) is 37.6. The van der Waals surface area contributed by atoms with Gasteiger partial charge in [0.05, 0.1) is 53.1 Å². The van der Waals surface area contributed by atoms with Crippen molar-refractivity contribution in [2.24, 2.45) is 0 Å². The number of methoxy groups -OCH3 is 1. The Morgan fingerprint density at radius 1 is 0.728 bits per heavy atom. The molecule has 24 nitrogen and oxygen atoms in total. The van der Waals surface area contributed by atoms with Crippen molar-refractivity contribution in [3.8, 4) is 0 Å². The van der Waals surface area contributed by atoms with Gasteiger partial charge in [-0.2, -0.15) is 46.7 Å². The summed E-state index contributed by atoms with van der Waals surface area (Å²) in [4.78, 5) is 29.3. The van der Waals surface area contributed by atoms with Crippen LogP contribution in [0.4, 0.5) is 11.4 Å². The van der Waals surface area contributed by atoms with Gasteiger partial charge in [-0.3, -0.25) is 27.6 Å². The van der Waals surface area contributed by atoms with E-state index in [9.17, 15) is 74.4 Å². The highest BCUT2D eigenvalue weighted by Gasteiger charge is 2.49. The average molecular weight is 1230 g/mol. The van der Waals surface area contributed by atoms with Crippen LogP contribution in [0.25, 0.3) is 21.5 Å². The van der Waals surface area contributed by atoms with Crippen molar-refractivity contribution in [1.29, 1.82) is 0 Å². The van der Waals surface area contributed by atoms with Gasteiger partial charge in [-0.1, -0.05) is 44.2 Å². The fourth-order valence-corrected chi connectivity index (χ4v) is 13.8. The lowest BCUT2D eigenvalue weighted by Crippen LogP contribution is -2.33. The molecule has 1 fully saturated rings. The zero-order valence-corrected chi connectivity index (χ0v) is 48.8. The van der Waals surface area contributed by atoms with Crippen LogP contribution >= 0.6 is 0 Å². The number of fused-ring (bicyclic) bond motifs is 6. The molecule has 1 atom stereocenters. The van der Waals surface area contributed by atoms with Crippen LogP contribution in [0.1, 0.15) is 77.3 Å². The smallest absolute Gasteiger partial charge is 0.333 e. The van der Waals surface area contributed by atoms with Crippen LogP contribution in [-0.4, -0.2) is 151 Å². The van der Waals surface area contributed by atoms with Gasteiger partial charge in [0, 0.05) is 71.8 Å². The molecule has 7 rings (SSSR count). The fourth-order valence-electron chi connectivity index (χ4n) is 10.6. The van der Waals surface area contributed by atoms with Gasteiger partial charge in [0.1, 0.15) is 16.4 Å². The molecule has 1 saturated heterocycles. The summed E-state index contributed by atoms with van der Waals surface area (Å²) in [6.45, 7) is 12.0. The Morgan fingerprint density at radius 2 is 1.30 bits per heavy atom. The number of benzene rings is 4. The van der Waals surface area contributed by atoms with Crippen molar-refractivity contribution in [2.75, 3.05) is 63.9 Å². The van der Waals surface area contributed by atoms with Gasteiger partial charge < -0.3 is 23.9 Å². The van der Waals surface area contributed by atoms with Crippen molar-refractivity contribution in [3.05, 3.63) is 108 Å². The van der Waals surface area contributed by atoms with Crippen LogP contribution in [0.5, 0.6) is 0 Å². The topological polar surface area (TPSA) is 352 Å². The number of hydrogen-bond acceptors (Lipinski definition) is 17. The number of amides is 1. The standard InChI is InChI=1S/C52H61N3O21S5/c1-33(10-17-45-51(3,4)49-39-29-35(78(61,62)63)31-43(80(67,68)69)37(39)13-15-41(49)53(45)21-7-9-48(57)76-55-34(2)12-19-47(55)56)11-18-46-52(5,20-8-28-77(58,59)60)50-40-30-36(79(64,65)66)32-44(81(70,71)72)38(40)14-16-42(50)54(46)22-23-74-26-27-75-25-24-73-6/h10-11,13-18,29-32H,2,7-9,12,19-28H2,1,3-6H3,(H4-,58,59,60,61,62,63,64,65,66,67,68,69,70,71,72)/p+1. The molecule has 3 aliphatic heterocycles. The van der Waals surface area contributed by atoms with E-state index in [1.165, 1.54) is 19.2 Å². The number of ether oxygens (including phenoxy) is 3. The Bertz CT molecular complexity index is 3950. The second kappa shape index (κ2) is 23.8. The molecule has 5 N–H and O–H groups in total. The molecule has 440 valence electrons. The molecule has 0 saturated carbocycles. The first-order valence-electron chi connectivity index (χ1n) is 25.0. The van der Waals surface area contributed by atoms with Gasteiger partial charge in [0.15, 0.2) is 12.3 Å². The number of hydrogen-bond donors (Lipinski definition) is 5. The van der Waals surface area contributed by atoms with Crippen molar-refractivity contribution in [3.63, 3.8) is 0 Å². The largest absolute Gasteiger partial charge is 0.382 e. The summed E-state index contributed by atoms with van der Waals surface area (Å²) in [6.07, 6.45) is 6.94. The van der Waals surface area contributed by atoms with Gasteiger partial charge >= 0.3 is 5.97 Å². The molecule has 0 spiro atoms. The Morgan fingerprint density at radius 3 is 1.84 bits per heavy atom. The lowest BCUT2D eigenvalue weighted by molar-refractivity contribution is -0.442. The number of allylic oxidation sites excluding steroid dienone is 7. The van der Waals surface area contributed by atoms with Gasteiger partial charge in [-0.05, 0) is 98.3 Å². The van der Waals surface area contributed by atoms with Crippen LogP contribution in [0.2, 0.25) is 0 Å². The van der Waals surface area contributed by atoms with Gasteiger partial charge in [-0.25, -0.2) is 4.79 Å². The van der Waals surface area contributed by atoms with Gasteiger partial charge in [-0.15, -0.1) is 5.06 Å². The monoisotopic (exact) mass is 1220 g/mol. The molecule has 4 aromatic rings. The maximum absolute atomic E-state index is 13.1. The van der Waals surface area contributed by atoms with E-state index >= 15 is 0 Å². The second-order valence-electron chi connectivity index (χ2n) is 20.2. The number of nitrogens with zero attached hydrogens (tertiary/aromatic N) is 3. The molecule has 4 aromatic carbocycles. The Kier molecular flexibility index (Phi) is 18.5. The van der Waals surface area contributed by atoms with Gasteiger partial charge in [0.2, 0.25) is 5.69 Å². The minimum absolute atomic E-state index is 0.0335. The first-order valence-corrected chi connectivity index (χ1v) is 32.4. The predicted molar refractivity (Wildman–Crippen MR) is 295 cm³/mol. The molecular weight excluding hydrogens is 1160 g/mol. The van der Waals surface area contributed by atoms with Crippen molar-refractivity contribution < 1.29 is 98.1 Å². The van der Waals surface area contributed by atoms with Crippen LogP contribution in [0, 0.1) is 0 Å². The maximum Gasteiger partial charge on any atom is 0.333 e. The number of carbonyl (C=O) groups is 2. The molecule has 0 bridgehead atoms. The van der Waals surface area contributed by atoms with Crippen molar-refractivity contribution in [2.45, 2.75) is 96.6 Å². The number of carbonyl (C=O) groups excluding carboxylic acids is 2. The van der Waals surface area contributed by atoms with E-state index in [4.69, 9.17) is 19.0 Å². The van der Waals surface area contributed by atoms with Crippen LogP contribution < -0.4 is 4.90 Å². The van der Waals surface area contributed by atoms with Crippen LogP contribution in [0.15, 0.2) is 116 Å². The summed E-state index contributed by atoms with van der Waals surface area (Å²) < 4.78 is 195. The Balaban J connectivity index is 1.37. The summed E-state index contributed by atoms with van der Waals surface area (Å²) in [6, 6.07) is 9.23. The Hall–Kier alpha value is -5.80. The van der Waals surface area contributed by atoms with Crippen molar-refractivity contribution in [1.82, 2.24) is 5.06 Å². The molecule has 0 aromatic heterocycles. The highest BCUT2D eigenvalue weighted by atomic mass is 32.2. The third-order valence-electron chi connectivity index (χ3n) is 14.2. The van der Waals surface area contributed by atoms with Crippen LogP contribution in [-0.2, 0) is 90.1 Å². The predicted octanol–water partition coefficient (Wildman–Crippen LogP) is 6.24. The first kappa shape index (κ1) is 62.8. The van der Waals surface area contributed by atoms with Crippen molar-refractivity contribution >= 4 is 101 Å². The van der Waals surface area contributed by atoms with Gasteiger partial charge in [0.25, 0.3) is 56.5 Å². The maximum atomic E-state index is 13.1. The van der Waals surface area contributed by atoms with E-state index in [1.54, 1.807) is 68.7 Å². The highest BCUT2D eigenvalue weighted by Crippen LogP contribution is 2.53. The van der Waals surface area contributed by atoms with E-state index < -0.39 is 98.6 Å². The zero-order chi connectivity index (χ0) is 59.8.